The molecule has 0 radical (unpaired) electrons. The van der Waals surface area contributed by atoms with E-state index in [2.05, 4.69) is 12.1 Å². The molecule has 0 unspecified atom stereocenters. The molecular formula is C16H14N2OS2. The van der Waals surface area contributed by atoms with Crippen molar-refractivity contribution in [2.24, 2.45) is 0 Å². The number of nitrogens with zero attached hydrogens (tertiary/aromatic N) is 2. The fourth-order valence-electron chi connectivity index (χ4n) is 2.07. The molecule has 0 N–H and O–H groups in total. The predicted octanol–water partition coefficient (Wildman–Crippen LogP) is 3.20. The van der Waals surface area contributed by atoms with Gasteiger partial charge in [-0.2, -0.15) is 10.5 Å². The number of nitriles is 2. The van der Waals surface area contributed by atoms with E-state index in [4.69, 9.17) is 4.42 Å². The van der Waals surface area contributed by atoms with E-state index in [1.54, 1.807) is 6.26 Å². The van der Waals surface area contributed by atoms with Crippen molar-refractivity contribution in [1.82, 2.24) is 0 Å². The van der Waals surface area contributed by atoms with Gasteiger partial charge in [-0.3, -0.25) is 0 Å². The first-order chi connectivity index (χ1) is 10.3. The molecule has 0 amide bonds. The molecule has 0 saturated carbocycles. The van der Waals surface area contributed by atoms with Gasteiger partial charge in [-0.15, -0.1) is 23.5 Å². The smallest absolute Gasteiger partial charge is 0.143 e. The second kappa shape index (κ2) is 7.26. The Bertz CT molecular complexity index is 783. The number of hydrogen-bond acceptors (Lipinski definition) is 5. The number of fused-ring (bicyclic) bond motifs is 1. The molecule has 1 aromatic carbocycles. The van der Waals surface area contributed by atoms with Crippen LogP contribution in [0.25, 0.3) is 20.8 Å². The molecule has 0 aliphatic rings. The fraction of sp³-hybridized carbons (Fsp3) is 0.250. The fourth-order valence-corrected chi connectivity index (χ4v) is 3.42. The summed E-state index contributed by atoms with van der Waals surface area (Å²) >= 11 is 3.01. The van der Waals surface area contributed by atoms with E-state index in [1.807, 2.05) is 32.0 Å². The highest BCUT2D eigenvalue weighted by molar-refractivity contribution is 8.08. The molecule has 0 spiro atoms. The maximum Gasteiger partial charge on any atom is 0.143 e. The molecule has 0 saturated heterocycles. The SMILES string of the molecule is CCS/C(C#N)=c1/cc/c(=C(/C#N)SCC)c2occc12. The van der Waals surface area contributed by atoms with E-state index in [0.717, 1.165) is 27.3 Å². The van der Waals surface area contributed by atoms with Crippen LogP contribution < -0.4 is 10.4 Å². The first-order valence-corrected chi connectivity index (χ1v) is 8.54. The maximum absolute atomic E-state index is 9.32. The Hall–Kier alpha value is -1.82. The van der Waals surface area contributed by atoms with Crippen molar-refractivity contribution >= 4 is 44.3 Å². The standard InChI is InChI=1S/C16H14N2OS2/c1-3-20-14(9-17)11-5-6-13(15(10-18)21-4-2)16-12(11)7-8-19-16/h5-8H,3-4H2,1-2H3/b14-11-,15-13+. The van der Waals surface area contributed by atoms with Gasteiger partial charge in [0.15, 0.2) is 0 Å². The monoisotopic (exact) mass is 314 g/mol. The normalized spacial score (nSPS) is 13.5. The average molecular weight is 314 g/mol. The summed E-state index contributed by atoms with van der Waals surface area (Å²) in [5.41, 5.74) is 0.675. The van der Waals surface area contributed by atoms with Crippen molar-refractivity contribution in [3.8, 4) is 12.1 Å². The van der Waals surface area contributed by atoms with Gasteiger partial charge in [-0.1, -0.05) is 19.9 Å². The van der Waals surface area contributed by atoms with Gasteiger partial charge in [0.05, 0.1) is 16.1 Å². The number of rotatable bonds is 4. The summed E-state index contributed by atoms with van der Waals surface area (Å²) in [4.78, 5) is 1.32. The predicted molar refractivity (Wildman–Crippen MR) is 89.8 cm³/mol. The molecule has 2 rings (SSSR count). The molecule has 2 aromatic rings. The van der Waals surface area contributed by atoms with Crippen LogP contribution in [0.15, 0.2) is 28.9 Å². The Kier molecular flexibility index (Phi) is 5.38. The van der Waals surface area contributed by atoms with Gasteiger partial charge in [0.25, 0.3) is 0 Å². The van der Waals surface area contributed by atoms with Gasteiger partial charge in [0, 0.05) is 15.8 Å². The molecule has 0 atom stereocenters. The minimum absolute atomic E-state index is 0.644. The van der Waals surface area contributed by atoms with Crippen LogP contribution in [0.4, 0.5) is 0 Å². The van der Waals surface area contributed by atoms with E-state index in [9.17, 15) is 10.5 Å². The zero-order chi connectivity index (χ0) is 15.2. The summed E-state index contributed by atoms with van der Waals surface area (Å²) in [6.07, 6.45) is 1.61. The molecule has 0 aliphatic heterocycles. The third-order valence-electron chi connectivity index (χ3n) is 2.89. The Morgan fingerprint density at radius 1 is 1.00 bits per heavy atom. The number of thioether (sulfide) groups is 2. The highest BCUT2D eigenvalue weighted by atomic mass is 32.2. The lowest BCUT2D eigenvalue weighted by atomic mass is 10.1. The van der Waals surface area contributed by atoms with Gasteiger partial charge < -0.3 is 4.42 Å². The molecule has 0 aliphatic carbocycles. The van der Waals surface area contributed by atoms with E-state index in [1.165, 1.54) is 23.5 Å². The van der Waals surface area contributed by atoms with Gasteiger partial charge in [0.1, 0.15) is 17.7 Å². The average Bonchev–Trinajstić information content (AvgIpc) is 2.99. The molecule has 1 heterocycles. The van der Waals surface area contributed by atoms with Crippen molar-refractivity contribution in [3.63, 3.8) is 0 Å². The molecule has 0 bridgehead atoms. The van der Waals surface area contributed by atoms with Crippen molar-refractivity contribution in [3.05, 3.63) is 34.9 Å². The summed E-state index contributed by atoms with van der Waals surface area (Å²) in [6, 6.07) is 10.1. The van der Waals surface area contributed by atoms with E-state index >= 15 is 0 Å². The molecule has 21 heavy (non-hydrogen) atoms. The Balaban J connectivity index is 2.89. The largest absolute Gasteiger partial charge is 0.464 e. The summed E-state index contributed by atoms with van der Waals surface area (Å²) < 4.78 is 5.57. The molecule has 106 valence electrons. The van der Waals surface area contributed by atoms with Crippen LogP contribution in [0.2, 0.25) is 0 Å². The van der Waals surface area contributed by atoms with Crippen LogP contribution in [-0.4, -0.2) is 11.5 Å². The molecule has 3 nitrogen and oxygen atoms in total. The second-order valence-corrected chi connectivity index (χ2v) is 6.62. The lowest BCUT2D eigenvalue weighted by molar-refractivity contribution is 0.613. The number of benzene rings is 1. The van der Waals surface area contributed by atoms with Gasteiger partial charge >= 0.3 is 0 Å². The highest BCUT2D eigenvalue weighted by Crippen LogP contribution is 2.18. The third kappa shape index (κ3) is 3.10. The molecule has 0 fully saturated rings. The summed E-state index contributed by atoms with van der Waals surface area (Å²) in [5, 5.41) is 21.2. The van der Waals surface area contributed by atoms with Crippen molar-refractivity contribution in [2.45, 2.75) is 13.8 Å². The van der Waals surface area contributed by atoms with E-state index < -0.39 is 0 Å². The Morgan fingerprint density at radius 2 is 1.57 bits per heavy atom. The first kappa shape index (κ1) is 15.6. The van der Waals surface area contributed by atoms with Crippen LogP contribution in [-0.2, 0) is 0 Å². The van der Waals surface area contributed by atoms with E-state index in [0.29, 0.717) is 15.4 Å². The zero-order valence-electron chi connectivity index (χ0n) is 11.8. The van der Waals surface area contributed by atoms with E-state index in [-0.39, 0.29) is 0 Å². The molecular weight excluding hydrogens is 300 g/mol. The lowest BCUT2D eigenvalue weighted by Crippen LogP contribution is -2.13. The van der Waals surface area contributed by atoms with Gasteiger partial charge in [-0.25, -0.2) is 0 Å². The van der Waals surface area contributed by atoms with Crippen LogP contribution in [0.5, 0.6) is 0 Å². The minimum Gasteiger partial charge on any atom is -0.464 e. The number of hydrogen-bond donors (Lipinski definition) is 0. The third-order valence-corrected chi connectivity index (χ3v) is 4.66. The highest BCUT2D eigenvalue weighted by Gasteiger charge is 2.08. The molecule has 5 heteroatoms. The summed E-state index contributed by atoms with van der Waals surface area (Å²) in [5.74, 6) is 1.67. The quantitative estimate of drug-likeness (QED) is 0.867. The second-order valence-electron chi connectivity index (χ2n) is 4.07. The van der Waals surface area contributed by atoms with Crippen LogP contribution in [0.3, 0.4) is 0 Å². The van der Waals surface area contributed by atoms with Crippen LogP contribution in [0.1, 0.15) is 13.8 Å². The van der Waals surface area contributed by atoms with Gasteiger partial charge in [-0.05, 0) is 23.6 Å². The van der Waals surface area contributed by atoms with Crippen LogP contribution >= 0.6 is 23.5 Å². The van der Waals surface area contributed by atoms with Crippen molar-refractivity contribution < 1.29 is 4.42 Å². The number of furan rings is 1. The Morgan fingerprint density at radius 3 is 2.14 bits per heavy atom. The molecule has 1 aromatic heterocycles. The summed E-state index contributed by atoms with van der Waals surface area (Å²) in [6.45, 7) is 4.03. The maximum atomic E-state index is 9.32. The summed E-state index contributed by atoms with van der Waals surface area (Å²) in [7, 11) is 0. The van der Waals surface area contributed by atoms with Crippen molar-refractivity contribution in [2.75, 3.05) is 11.5 Å². The van der Waals surface area contributed by atoms with Crippen molar-refractivity contribution in [1.29, 1.82) is 10.5 Å². The Labute approximate surface area is 131 Å². The van der Waals surface area contributed by atoms with Gasteiger partial charge in [0.2, 0.25) is 0 Å². The zero-order valence-corrected chi connectivity index (χ0v) is 13.5. The lowest BCUT2D eigenvalue weighted by Gasteiger charge is -2.00. The minimum atomic E-state index is 0.644. The topological polar surface area (TPSA) is 60.7 Å². The van der Waals surface area contributed by atoms with Crippen LogP contribution in [0, 0.1) is 22.7 Å². The first-order valence-electron chi connectivity index (χ1n) is 6.57.